The molecule has 0 bridgehead atoms. The predicted molar refractivity (Wildman–Crippen MR) is 129 cm³/mol. The smallest absolute Gasteiger partial charge is 0.277 e. The molecular formula is C25H22ClF2N5O3. The van der Waals surface area contributed by atoms with E-state index in [0.29, 0.717) is 34.4 Å². The third-order valence-corrected chi connectivity index (χ3v) is 5.70. The van der Waals surface area contributed by atoms with Crippen molar-refractivity contribution in [3.8, 4) is 22.7 Å². The van der Waals surface area contributed by atoms with E-state index in [1.54, 1.807) is 46.0 Å². The number of hydrogen-bond acceptors (Lipinski definition) is 7. The highest BCUT2D eigenvalue weighted by Crippen LogP contribution is 2.28. The molecule has 36 heavy (non-hydrogen) atoms. The van der Waals surface area contributed by atoms with E-state index < -0.39 is 22.8 Å². The van der Waals surface area contributed by atoms with Crippen LogP contribution in [0, 0.1) is 25.5 Å². The lowest BCUT2D eigenvalue weighted by molar-refractivity contribution is 0.0688. The van der Waals surface area contributed by atoms with Crippen LogP contribution in [-0.4, -0.2) is 29.6 Å². The lowest BCUT2D eigenvalue weighted by Crippen LogP contribution is -2.23. The fourth-order valence-corrected chi connectivity index (χ4v) is 3.68. The molecule has 4 aromatic rings. The Bertz CT molecular complexity index is 1520. The molecule has 0 amide bonds. The zero-order valence-corrected chi connectivity index (χ0v) is 20.6. The molecule has 4 rings (SSSR count). The van der Waals surface area contributed by atoms with Crippen LogP contribution >= 0.6 is 11.6 Å². The molecule has 0 aliphatic carbocycles. The highest BCUT2D eigenvalue weighted by Gasteiger charge is 2.21. The number of pyridine rings is 3. The summed E-state index contributed by atoms with van der Waals surface area (Å²) in [6.07, 6.45) is 4.02. The molecule has 186 valence electrons. The van der Waals surface area contributed by atoms with Crippen LogP contribution in [0.3, 0.4) is 0 Å². The molecule has 11 heteroatoms. The van der Waals surface area contributed by atoms with Gasteiger partial charge in [-0.15, -0.1) is 0 Å². The van der Waals surface area contributed by atoms with Gasteiger partial charge in [-0.05, 0) is 39.8 Å². The largest absolute Gasteiger partial charge is 0.485 e. The normalized spacial score (nSPS) is 11.6. The molecule has 0 aliphatic rings. The Hall–Kier alpha value is -3.76. The summed E-state index contributed by atoms with van der Waals surface area (Å²) in [5.41, 5.74) is 0.694. The van der Waals surface area contributed by atoms with E-state index >= 15 is 0 Å². The van der Waals surface area contributed by atoms with Gasteiger partial charge in [0.15, 0.2) is 11.6 Å². The molecular weight excluding hydrogens is 492 g/mol. The van der Waals surface area contributed by atoms with Gasteiger partial charge in [-0.2, -0.15) is 0 Å². The first-order chi connectivity index (χ1) is 17.0. The van der Waals surface area contributed by atoms with Crippen LogP contribution in [0.5, 0.6) is 5.75 Å². The average molecular weight is 514 g/mol. The molecule has 0 saturated carbocycles. The van der Waals surface area contributed by atoms with Crippen molar-refractivity contribution in [2.45, 2.75) is 39.9 Å². The second-order valence-corrected chi connectivity index (χ2v) is 9.01. The highest BCUT2D eigenvalue weighted by molar-refractivity contribution is 6.31. The number of rotatable bonds is 6. The Morgan fingerprint density at radius 3 is 2.56 bits per heavy atom. The third kappa shape index (κ3) is 5.09. The molecule has 0 saturated heterocycles. The maximum absolute atomic E-state index is 13.9. The van der Waals surface area contributed by atoms with Gasteiger partial charge in [0.1, 0.15) is 34.5 Å². The van der Waals surface area contributed by atoms with E-state index in [0.717, 1.165) is 6.20 Å². The van der Waals surface area contributed by atoms with E-state index in [4.69, 9.17) is 16.3 Å². The molecule has 8 nitrogen and oxygen atoms in total. The number of aliphatic hydroxyl groups is 1. The number of ether oxygens (including phenoxy) is 1. The van der Waals surface area contributed by atoms with Gasteiger partial charge in [-0.1, -0.05) is 11.6 Å². The summed E-state index contributed by atoms with van der Waals surface area (Å²) >= 11 is 6.33. The van der Waals surface area contributed by atoms with Crippen molar-refractivity contribution in [1.82, 2.24) is 24.5 Å². The molecule has 0 aromatic carbocycles. The second-order valence-electron chi connectivity index (χ2n) is 8.63. The monoisotopic (exact) mass is 513 g/mol. The zero-order valence-electron chi connectivity index (χ0n) is 19.9. The van der Waals surface area contributed by atoms with Gasteiger partial charge >= 0.3 is 0 Å². The van der Waals surface area contributed by atoms with E-state index in [2.05, 4.69) is 19.9 Å². The Kier molecular flexibility index (Phi) is 6.83. The number of halogens is 3. The minimum absolute atomic E-state index is 0.0355. The lowest BCUT2D eigenvalue weighted by Gasteiger charge is -2.17. The van der Waals surface area contributed by atoms with Gasteiger partial charge in [-0.3, -0.25) is 19.3 Å². The quantitative estimate of drug-likeness (QED) is 0.406. The summed E-state index contributed by atoms with van der Waals surface area (Å²) < 4.78 is 33.9. The summed E-state index contributed by atoms with van der Waals surface area (Å²) in [6.45, 7) is 6.25. The van der Waals surface area contributed by atoms with Crippen LogP contribution < -0.4 is 10.3 Å². The SMILES string of the molecule is Cc1ncc(-c2ccnc(C(C)(C)O)n2)cc1-n1c(C)cc(OCc2ncc(F)cc2F)c(Cl)c1=O. The van der Waals surface area contributed by atoms with Crippen LogP contribution in [0.25, 0.3) is 16.9 Å². The Labute approximate surface area is 210 Å². The minimum Gasteiger partial charge on any atom is -0.485 e. The number of nitrogens with zero attached hydrogens (tertiary/aromatic N) is 5. The molecule has 0 atom stereocenters. The molecule has 4 aromatic heterocycles. The van der Waals surface area contributed by atoms with Crippen molar-refractivity contribution in [2.24, 2.45) is 0 Å². The van der Waals surface area contributed by atoms with Crippen molar-refractivity contribution >= 4 is 11.6 Å². The first-order valence-corrected chi connectivity index (χ1v) is 11.2. The minimum atomic E-state index is -1.24. The van der Waals surface area contributed by atoms with Crippen molar-refractivity contribution in [1.29, 1.82) is 0 Å². The lowest BCUT2D eigenvalue weighted by atomic mass is 10.1. The van der Waals surface area contributed by atoms with Gasteiger partial charge in [0.25, 0.3) is 5.56 Å². The van der Waals surface area contributed by atoms with Gasteiger partial charge < -0.3 is 9.84 Å². The van der Waals surface area contributed by atoms with E-state index in [1.807, 2.05) is 0 Å². The summed E-state index contributed by atoms with van der Waals surface area (Å²) in [5.74, 6) is -1.40. The summed E-state index contributed by atoms with van der Waals surface area (Å²) in [4.78, 5) is 29.9. The third-order valence-electron chi connectivity index (χ3n) is 5.35. The molecule has 0 radical (unpaired) electrons. The predicted octanol–water partition coefficient (Wildman–Crippen LogP) is 4.44. The highest BCUT2D eigenvalue weighted by atomic mass is 35.5. The number of aromatic nitrogens is 5. The van der Waals surface area contributed by atoms with E-state index in [1.165, 1.54) is 16.8 Å². The first-order valence-electron chi connectivity index (χ1n) is 10.8. The standard InChI is InChI=1S/C25H22ClF2N5O3/c1-13-7-21(36-12-19-17(28)9-16(27)11-31-19)22(26)23(34)33(13)20-8-15(10-30-14(20)2)18-5-6-29-24(32-18)25(3,4)35/h5-11,35H,12H2,1-4H3. The fraction of sp³-hybridized carbons (Fsp3) is 0.240. The van der Waals surface area contributed by atoms with E-state index in [9.17, 15) is 18.7 Å². The van der Waals surface area contributed by atoms with Crippen molar-refractivity contribution in [3.63, 3.8) is 0 Å². The Morgan fingerprint density at radius 1 is 1.11 bits per heavy atom. The molecule has 1 N–H and O–H groups in total. The van der Waals surface area contributed by atoms with Crippen LogP contribution in [0.2, 0.25) is 5.02 Å². The molecule has 0 aliphatic heterocycles. The Balaban J connectivity index is 1.72. The van der Waals surface area contributed by atoms with Crippen LogP contribution in [0.15, 0.2) is 47.7 Å². The number of hydrogen-bond donors (Lipinski definition) is 1. The number of aryl methyl sites for hydroxylation is 2. The van der Waals surface area contributed by atoms with Crippen molar-refractivity contribution in [2.75, 3.05) is 0 Å². The van der Waals surface area contributed by atoms with Gasteiger partial charge in [0, 0.05) is 35.8 Å². The molecule has 0 fully saturated rings. The van der Waals surface area contributed by atoms with Crippen LogP contribution in [0.4, 0.5) is 8.78 Å². The van der Waals surface area contributed by atoms with Gasteiger partial charge in [0.2, 0.25) is 0 Å². The van der Waals surface area contributed by atoms with Gasteiger partial charge in [0.05, 0.1) is 23.3 Å². The summed E-state index contributed by atoms with van der Waals surface area (Å²) in [5, 5.41) is 10.0. The van der Waals surface area contributed by atoms with E-state index in [-0.39, 0.29) is 28.9 Å². The van der Waals surface area contributed by atoms with Crippen LogP contribution in [0.1, 0.15) is 36.8 Å². The molecule has 4 heterocycles. The second kappa shape index (κ2) is 9.71. The first kappa shape index (κ1) is 25.3. The Morgan fingerprint density at radius 2 is 1.86 bits per heavy atom. The summed E-state index contributed by atoms with van der Waals surface area (Å²) in [6, 6.07) is 5.64. The maximum Gasteiger partial charge on any atom is 0.277 e. The molecule has 0 unspecified atom stereocenters. The summed E-state index contributed by atoms with van der Waals surface area (Å²) in [7, 11) is 0. The van der Waals surface area contributed by atoms with Crippen molar-refractivity contribution < 1.29 is 18.6 Å². The average Bonchev–Trinajstić information content (AvgIpc) is 2.82. The molecule has 0 spiro atoms. The van der Waals surface area contributed by atoms with Crippen molar-refractivity contribution in [3.05, 3.63) is 92.8 Å². The van der Waals surface area contributed by atoms with Crippen LogP contribution in [-0.2, 0) is 12.2 Å². The fourth-order valence-electron chi connectivity index (χ4n) is 3.48. The van der Waals surface area contributed by atoms with Gasteiger partial charge in [-0.25, -0.2) is 18.7 Å². The zero-order chi connectivity index (χ0) is 26.2. The maximum atomic E-state index is 13.9. The topological polar surface area (TPSA) is 103 Å².